The van der Waals surface area contributed by atoms with E-state index in [1.807, 2.05) is 20.0 Å². The molecular weight excluding hydrogens is 668 g/mol. The van der Waals surface area contributed by atoms with E-state index in [1.54, 1.807) is 6.92 Å². The highest BCUT2D eigenvalue weighted by Gasteiger charge is 2.60. The fourth-order valence-corrected chi connectivity index (χ4v) is 9.89. The molecule has 264 valence electrons. The number of rotatable bonds is 5. The lowest BCUT2D eigenvalue weighted by atomic mass is 9.71. The fourth-order valence-electron chi connectivity index (χ4n) is 8.39. The quantitative estimate of drug-likeness (QED) is 0.263. The predicted octanol–water partition coefficient (Wildman–Crippen LogP) is 3.51. The highest BCUT2D eigenvalue weighted by molar-refractivity contribution is 7.99. The maximum absolute atomic E-state index is 13.6. The SMILES string of the molecule is C=CCOC(=O)NC1CS[C@@H]2c3c(OC(C)=O)c(C)c4c(c3[C@@H](COC1=O)N1C2[C@H]2c3c(cc(C)c(OC)c3O)C[C@H]([C@@H]1C#N)N2C)OCO4. The van der Waals surface area contributed by atoms with E-state index >= 15 is 0 Å². The Morgan fingerprint density at radius 3 is 2.66 bits per heavy atom. The van der Waals surface area contributed by atoms with Crippen LogP contribution in [-0.4, -0.2) is 97.0 Å². The number of thioether (sulfide) groups is 1. The van der Waals surface area contributed by atoms with Crippen LogP contribution in [0.25, 0.3) is 0 Å². The van der Waals surface area contributed by atoms with Crippen LogP contribution in [0.15, 0.2) is 18.7 Å². The van der Waals surface area contributed by atoms with Crippen molar-refractivity contribution in [2.75, 3.05) is 39.9 Å². The Morgan fingerprint density at radius 1 is 1.20 bits per heavy atom. The molecule has 15 heteroatoms. The Balaban J connectivity index is 1.49. The predicted molar refractivity (Wildman–Crippen MR) is 178 cm³/mol. The van der Waals surface area contributed by atoms with E-state index in [4.69, 9.17) is 28.4 Å². The molecule has 2 aromatic carbocycles. The van der Waals surface area contributed by atoms with Crippen LogP contribution in [0.3, 0.4) is 0 Å². The van der Waals surface area contributed by atoms with Gasteiger partial charge in [0.25, 0.3) is 0 Å². The maximum atomic E-state index is 13.6. The minimum Gasteiger partial charge on any atom is -0.504 e. The van der Waals surface area contributed by atoms with Crippen LogP contribution in [-0.2, 0) is 25.5 Å². The van der Waals surface area contributed by atoms with Gasteiger partial charge in [-0.1, -0.05) is 18.7 Å². The lowest BCUT2D eigenvalue weighted by Gasteiger charge is -2.61. The monoisotopic (exact) mass is 706 g/mol. The Morgan fingerprint density at radius 2 is 1.96 bits per heavy atom. The van der Waals surface area contributed by atoms with Gasteiger partial charge in [0.1, 0.15) is 31.0 Å². The summed E-state index contributed by atoms with van der Waals surface area (Å²) in [6.07, 6.45) is 1.08. The third kappa shape index (κ3) is 5.11. The third-order valence-corrected chi connectivity index (χ3v) is 11.7. The number of nitrogens with zero attached hydrogens (tertiary/aromatic N) is 3. The molecule has 7 atom stereocenters. The molecule has 0 aliphatic carbocycles. The summed E-state index contributed by atoms with van der Waals surface area (Å²) in [6.45, 7) is 8.19. The summed E-state index contributed by atoms with van der Waals surface area (Å²) in [6, 6.07) is 0.661. The molecule has 14 nitrogen and oxygen atoms in total. The number of phenols is 1. The molecule has 1 amide bonds. The minimum absolute atomic E-state index is 0.0179. The zero-order chi connectivity index (χ0) is 35.6. The smallest absolute Gasteiger partial charge is 0.408 e. The summed E-state index contributed by atoms with van der Waals surface area (Å²) < 4.78 is 34.8. The molecule has 6 heterocycles. The molecule has 2 N–H and O–H groups in total. The number of methoxy groups -OCH3 is 1. The first-order valence-corrected chi connectivity index (χ1v) is 17.3. The van der Waals surface area contributed by atoms with E-state index < -0.39 is 53.5 Å². The second-order valence-corrected chi connectivity index (χ2v) is 14.1. The number of carbonyl (C=O) groups is 3. The van der Waals surface area contributed by atoms with E-state index in [2.05, 4.69) is 27.8 Å². The van der Waals surface area contributed by atoms with Gasteiger partial charge >= 0.3 is 18.0 Å². The first-order valence-electron chi connectivity index (χ1n) is 16.3. The van der Waals surface area contributed by atoms with Gasteiger partial charge in [-0.25, -0.2) is 9.59 Å². The molecule has 0 spiro atoms. The number of benzene rings is 2. The molecule has 2 saturated heterocycles. The summed E-state index contributed by atoms with van der Waals surface area (Å²) in [7, 11) is 3.46. The number of hydrogen-bond donors (Lipinski definition) is 2. The first-order chi connectivity index (χ1) is 24.0. The Kier molecular flexibility index (Phi) is 8.73. The highest BCUT2D eigenvalue weighted by atomic mass is 32.2. The average molecular weight is 707 g/mol. The lowest BCUT2D eigenvalue weighted by Crippen LogP contribution is -2.69. The molecule has 4 bridgehead atoms. The first kappa shape index (κ1) is 33.8. The van der Waals surface area contributed by atoms with Gasteiger partial charge in [-0.05, 0) is 38.4 Å². The van der Waals surface area contributed by atoms with Crippen LogP contribution in [0.4, 0.5) is 4.79 Å². The van der Waals surface area contributed by atoms with Crippen molar-refractivity contribution in [2.24, 2.45) is 0 Å². The number of fused-ring (bicyclic) bond motifs is 10. The zero-order valence-corrected chi connectivity index (χ0v) is 29.1. The molecule has 2 fully saturated rings. The molecule has 0 saturated carbocycles. The van der Waals surface area contributed by atoms with Crippen molar-refractivity contribution < 1.29 is 47.9 Å². The van der Waals surface area contributed by atoms with Crippen molar-refractivity contribution in [3.63, 3.8) is 0 Å². The Labute approximate surface area is 293 Å². The van der Waals surface area contributed by atoms with E-state index in [-0.39, 0.29) is 37.6 Å². The largest absolute Gasteiger partial charge is 0.504 e. The third-order valence-electron chi connectivity index (χ3n) is 10.3. The van der Waals surface area contributed by atoms with Crippen molar-refractivity contribution in [2.45, 2.75) is 68.7 Å². The van der Waals surface area contributed by atoms with Gasteiger partial charge in [0.05, 0.1) is 30.5 Å². The van der Waals surface area contributed by atoms with Crippen LogP contribution < -0.4 is 24.3 Å². The standard InChI is InChI=1S/C35H38N4O10S/c1-7-8-45-35(43)37-19-13-50-33-25-24(32-31(47-14-48-32)16(3)30(25)49-17(4)40)22(12-46-34(19)42)39-21(11-36)20-10-18-9-15(2)29(44-6)28(41)23(18)26(27(33)39)38(20)5/h7,9,19-22,26-27,33,41H,1,8,10,12-14H2,2-6H3,(H,37,43)/t19?,20-,21+,22-,26-,27?,33-/m1/s1. The van der Waals surface area contributed by atoms with Crippen LogP contribution in [0, 0.1) is 25.2 Å². The zero-order valence-electron chi connectivity index (χ0n) is 28.3. The van der Waals surface area contributed by atoms with Crippen molar-refractivity contribution in [3.8, 4) is 34.8 Å². The molecule has 6 aliphatic heterocycles. The van der Waals surface area contributed by atoms with Crippen LogP contribution in [0.1, 0.15) is 57.6 Å². The second kappa shape index (κ2) is 12.9. The van der Waals surface area contributed by atoms with E-state index in [0.29, 0.717) is 51.7 Å². The molecule has 2 aromatic rings. The van der Waals surface area contributed by atoms with E-state index in [0.717, 1.165) is 11.1 Å². The number of ether oxygens (including phenoxy) is 6. The fraction of sp³-hybridized carbons (Fsp3) is 0.486. The number of likely N-dealkylation sites (N-methyl/N-ethyl adjacent to an activating group) is 1. The van der Waals surface area contributed by atoms with Gasteiger partial charge in [-0.15, -0.1) is 11.8 Å². The molecule has 0 radical (unpaired) electrons. The Bertz CT molecular complexity index is 1840. The molecular formula is C35H38N4O10S. The number of hydrogen-bond acceptors (Lipinski definition) is 14. The molecule has 2 unspecified atom stereocenters. The normalized spacial score (nSPS) is 27.8. The summed E-state index contributed by atoms with van der Waals surface area (Å²) in [5, 5.41) is 24.8. The molecule has 0 aromatic heterocycles. The topological polar surface area (TPSA) is 169 Å². The molecule has 6 aliphatic rings. The Hall–Kier alpha value is -4.65. The van der Waals surface area contributed by atoms with E-state index in [9.17, 15) is 24.8 Å². The number of piperazine rings is 1. The van der Waals surface area contributed by atoms with Gasteiger partial charge in [0.2, 0.25) is 6.79 Å². The molecule has 8 rings (SSSR count). The van der Waals surface area contributed by atoms with Gasteiger partial charge in [0.15, 0.2) is 23.0 Å². The van der Waals surface area contributed by atoms with Gasteiger partial charge in [0, 0.05) is 47.0 Å². The number of esters is 2. The number of alkyl carbamates (subject to hydrolysis) is 1. The average Bonchev–Trinajstić information content (AvgIpc) is 3.57. The lowest BCUT2D eigenvalue weighted by molar-refractivity contribution is -0.151. The van der Waals surface area contributed by atoms with Crippen LogP contribution in [0.5, 0.6) is 28.7 Å². The minimum atomic E-state index is -1.10. The van der Waals surface area contributed by atoms with Gasteiger partial charge in [-0.3, -0.25) is 14.6 Å². The number of nitrogens with one attached hydrogen (secondary N) is 1. The number of nitriles is 1. The summed E-state index contributed by atoms with van der Waals surface area (Å²) in [5.74, 6) is 0.321. The van der Waals surface area contributed by atoms with Crippen molar-refractivity contribution in [1.29, 1.82) is 5.26 Å². The summed E-state index contributed by atoms with van der Waals surface area (Å²) in [4.78, 5) is 43.2. The maximum Gasteiger partial charge on any atom is 0.408 e. The summed E-state index contributed by atoms with van der Waals surface area (Å²) >= 11 is 1.34. The number of aryl methyl sites for hydroxylation is 1. The highest BCUT2D eigenvalue weighted by Crippen LogP contribution is 2.64. The van der Waals surface area contributed by atoms with Crippen molar-refractivity contribution in [3.05, 3.63) is 52.1 Å². The van der Waals surface area contributed by atoms with Crippen molar-refractivity contribution in [1.82, 2.24) is 15.1 Å². The van der Waals surface area contributed by atoms with Gasteiger partial charge in [-0.2, -0.15) is 5.26 Å². The number of carbonyl (C=O) groups excluding carboxylic acids is 3. The van der Waals surface area contributed by atoms with Crippen LogP contribution in [0.2, 0.25) is 0 Å². The number of amides is 1. The second-order valence-electron chi connectivity index (χ2n) is 13.0. The summed E-state index contributed by atoms with van der Waals surface area (Å²) in [5.41, 5.74) is 4.15. The number of aromatic hydroxyl groups is 1. The number of phenolic OH excluding ortho intramolecular Hbond substituents is 1. The van der Waals surface area contributed by atoms with Crippen molar-refractivity contribution >= 4 is 29.8 Å². The van der Waals surface area contributed by atoms with E-state index in [1.165, 1.54) is 31.9 Å². The van der Waals surface area contributed by atoms with Crippen LogP contribution >= 0.6 is 11.8 Å². The molecule has 50 heavy (non-hydrogen) atoms. The van der Waals surface area contributed by atoms with Gasteiger partial charge < -0.3 is 38.8 Å².